The number of hydrogen-bond acceptors (Lipinski definition) is 5. The minimum absolute atomic E-state index is 0.0592. The second kappa shape index (κ2) is 4.21. The predicted molar refractivity (Wildman–Crippen MR) is 65.5 cm³/mol. The standard InChI is InChI=1S/C10H13N3O4S/c1-12(8-3-4-8)18(16,17)10-6-7(11)2-5-9(10)13(14)15/h2,5-6,8H,3-4,11H2,1H3. The third-order valence-electron chi connectivity index (χ3n) is 2.90. The molecule has 1 aromatic rings. The first-order valence-electron chi connectivity index (χ1n) is 5.36. The molecule has 0 amide bonds. The highest BCUT2D eigenvalue weighted by atomic mass is 32.2. The van der Waals surface area contributed by atoms with Gasteiger partial charge in [-0.3, -0.25) is 10.1 Å². The third kappa shape index (κ3) is 2.16. The summed E-state index contributed by atoms with van der Waals surface area (Å²) in [6.07, 6.45) is 1.57. The van der Waals surface area contributed by atoms with Crippen molar-refractivity contribution in [3.8, 4) is 0 Å². The van der Waals surface area contributed by atoms with Gasteiger partial charge in [0.2, 0.25) is 10.0 Å². The molecule has 0 spiro atoms. The minimum Gasteiger partial charge on any atom is -0.399 e. The smallest absolute Gasteiger partial charge is 0.289 e. The molecule has 2 N–H and O–H groups in total. The summed E-state index contributed by atoms with van der Waals surface area (Å²) < 4.78 is 25.7. The summed E-state index contributed by atoms with van der Waals surface area (Å²) >= 11 is 0. The maximum absolute atomic E-state index is 12.3. The maximum atomic E-state index is 12.3. The van der Waals surface area contributed by atoms with E-state index in [1.165, 1.54) is 17.4 Å². The van der Waals surface area contributed by atoms with Gasteiger partial charge in [-0.2, -0.15) is 4.31 Å². The van der Waals surface area contributed by atoms with Crippen molar-refractivity contribution < 1.29 is 13.3 Å². The van der Waals surface area contributed by atoms with Crippen molar-refractivity contribution in [3.05, 3.63) is 28.3 Å². The van der Waals surface area contributed by atoms with Crippen LogP contribution in [0.2, 0.25) is 0 Å². The number of sulfonamides is 1. The highest BCUT2D eigenvalue weighted by molar-refractivity contribution is 7.89. The molecule has 0 saturated heterocycles. The molecule has 0 atom stereocenters. The maximum Gasteiger partial charge on any atom is 0.289 e. The van der Waals surface area contributed by atoms with Crippen molar-refractivity contribution in [2.24, 2.45) is 0 Å². The molecule has 0 aromatic heterocycles. The Morgan fingerprint density at radius 1 is 1.44 bits per heavy atom. The molecular weight excluding hydrogens is 258 g/mol. The first-order valence-corrected chi connectivity index (χ1v) is 6.80. The topological polar surface area (TPSA) is 107 Å². The van der Waals surface area contributed by atoms with Gasteiger partial charge in [0.15, 0.2) is 4.90 Å². The van der Waals surface area contributed by atoms with E-state index in [0.29, 0.717) is 0 Å². The van der Waals surface area contributed by atoms with Crippen LogP contribution in [0.1, 0.15) is 12.8 Å². The van der Waals surface area contributed by atoms with Crippen LogP contribution < -0.4 is 5.73 Å². The Morgan fingerprint density at radius 3 is 2.56 bits per heavy atom. The molecule has 0 bridgehead atoms. The van der Waals surface area contributed by atoms with E-state index in [1.807, 2.05) is 0 Å². The van der Waals surface area contributed by atoms with E-state index >= 15 is 0 Å². The lowest BCUT2D eigenvalue weighted by molar-refractivity contribution is -0.387. The van der Waals surface area contributed by atoms with Crippen molar-refractivity contribution in [2.45, 2.75) is 23.8 Å². The van der Waals surface area contributed by atoms with Crippen LogP contribution in [0.15, 0.2) is 23.1 Å². The number of rotatable bonds is 4. The van der Waals surface area contributed by atoms with Crippen LogP contribution in [-0.4, -0.2) is 30.7 Å². The summed E-state index contributed by atoms with van der Waals surface area (Å²) in [7, 11) is -2.43. The van der Waals surface area contributed by atoms with Crippen molar-refractivity contribution in [2.75, 3.05) is 12.8 Å². The van der Waals surface area contributed by atoms with E-state index in [9.17, 15) is 18.5 Å². The van der Waals surface area contributed by atoms with Gasteiger partial charge in [-0.25, -0.2) is 8.42 Å². The second-order valence-corrected chi connectivity index (χ2v) is 6.20. The first kappa shape index (κ1) is 12.8. The molecule has 98 valence electrons. The highest BCUT2D eigenvalue weighted by Crippen LogP contribution is 2.34. The Labute approximate surface area is 104 Å². The van der Waals surface area contributed by atoms with Gasteiger partial charge in [-0.1, -0.05) is 0 Å². The molecule has 18 heavy (non-hydrogen) atoms. The lowest BCUT2D eigenvalue weighted by Crippen LogP contribution is -2.29. The SMILES string of the molecule is CN(C1CC1)S(=O)(=O)c1cc(N)ccc1[N+](=O)[O-]. The molecule has 1 saturated carbocycles. The Morgan fingerprint density at radius 2 is 2.06 bits per heavy atom. The lowest BCUT2D eigenvalue weighted by atomic mass is 10.3. The molecule has 0 radical (unpaired) electrons. The van der Waals surface area contributed by atoms with E-state index in [0.717, 1.165) is 25.0 Å². The van der Waals surface area contributed by atoms with Crippen molar-refractivity contribution in [3.63, 3.8) is 0 Å². The van der Waals surface area contributed by atoms with Crippen LogP contribution in [0.4, 0.5) is 11.4 Å². The number of benzene rings is 1. The summed E-state index contributed by atoms with van der Waals surface area (Å²) in [4.78, 5) is 9.81. The fourth-order valence-electron chi connectivity index (χ4n) is 1.68. The molecule has 0 heterocycles. The predicted octanol–water partition coefficient (Wildman–Crippen LogP) is 0.960. The van der Waals surface area contributed by atoms with Gasteiger partial charge in [-0.15, -0.1) is 0 Å². The monoisotopic (exact) mass is 271 g/mol. The second-order valence-electron chi connectivity index (χ2n) is 4.24. The molecule has 1 aliphatic carbocycles. The van der Waals surface area contributed by atoms with Crippen LogP contribution in [-0.2, 0) is 10.0 Å². The normalized spacial score (nSPS) is 15.9. The van der Waals surface area contributed by atoms with Crippen LogP contribution in [0.3, 0.4) is 0 Å². The number of nitro benzene ring substituents is 1. The number of nitrogen functional groups attached to an aromatic ring is 1. The molecule has 1 aliphatic rings. The highest BCUT2D eigenvalue weighted by Gasteiger charge is 2.38. The molecule has 0 aliphatic heterocycles. The fourth-order valence-corrected chi connectivity index (χ4v) is 3.28. The van der Waals surface area contributed by atoms with Gasteiger partial charge in [0.05, 0.1) is 4.92 Å². The number of nitrogens with zero attached hydrogens (tertiary/aromatic N) is 2. The zero-order valence-electron chi connectivity index (χ0n) is 9.74. The van der Waals surface area contributed by atoms with Crippen LogP contribution in [0.5, 0.6) is 0 Å². The zero-order valence-corrected chi connectivity index (χ0v) is 10.6. The van der Waals surface area contributed by atoms with Crippen LogP contribution in [0, 0.1) is 10.1 Å². The Hall–Kier alpha value is -1.67. The van der Waals surface area contributed by atoms with Crippen molar-refractivity contribution in [1.82, 2.24) is 4.31 Å². The summed E-state index contributed by atoms with van der Waals surface area (Å²) in [6.45, 7) is 0. The number of nitro groups is 1. The van der Waals surface area contributed by atoms with E-state index in [2.05, 4.69) is 0 Å². The van der Waals surface area contributed by atoms with Crippen molar-refractivity contribution >= 4 is 21.4 Å². The summed E-state index contributed by atoms with van der Waals surface area (Å²) in [5.74, 6) is 0. The summed E-state index contributed by atoms with van der Waals surface area (Å²) in [6, 6.07) is 3.50. The van der Waals surface area contributed by atoms with Gasteiger partial charge in [0.25, 0.3) is 5.69 Å². The van der Waals surface area contributed by atoms with Gasteiger partial charge in [-0.05, 0) is 25.0 Å². The fraction of sp³-hybridized carbons (Fsp3) is 0.400. The molecule has 2 rings (SSSR count). The lowest BCUT2D eigenvalue weighted by Gasteiger charge is -2.16. The van der Waals surface area contributed by atoms with Gasteiger partial charge >= 0.3 is 0 Å². The van der Waals surface area contributed by atoms with E-state index in [4.69, 9.17) is 5.73 Å². The number of anilines is 1. The van der Waals surface area contributed by atoms with Gasteiger partial charge in [0, 0.05) is 24.8 Å². The van der Waals surface area contributed by atoms with Gasteiger partial charge < -0.3 is 5.73 Å². The number of nitrogens with two attached hydrogens (primary N) is 1. The zero-order chi connectivity index (χ0) is 13.5. The van der Waals surface area contributed by atoms with E-state index < -0.39 is 20.6 Å². The van der Waals surface area contributed by atoms with Crippen LogP contribution in [0.25, 0.3) is 0 Å². The molecule has 7 nitrogen and oxygen atoms in total. The molecule has 0 unspecified atom stereocenters. The minimum atomic E-state index is -3.86. The van der Waals surface area contributed by atoms with Gasteiger partial charge in [0.1, 0.15) is 0 Å². The average molecular weight is 271 g/mol. The number of hydrogen-bond donors (Lipinski definition) is 1. The summed E-state index contributed by atoms with van der Waals surface area (Å²) in [5.41, 5.74) is 5.25. The quantitative estimate of drug-likeness (QED) is 0.498. The summed E-state index contributed by atoms with van der Waals surface area (Å²) in [5, 5.41) is 10.9. The Kier molecular flexibility index (Phi) is 2.99. The van der Waals surface area contributed by atoms with E-state index in [1.54, 1.807) is 0 Å². The third-order valence-corrected chi connectivity index (χ3v) is 4.84. The van der Waals surface area contributed by atoms with Crippen molar-refractivity contribution in [1.29, 1.82) is 0 Å². The molecule has 1 aromatic carbocycles. The Bertz CT molecular complexity index is 595. The first-order chi connectivity index (χ1) is 8.34. The molecular formula is C10H13N3O4S. The average Bonchev–Trinajstić information content (AvgIpc) is 3.11. The van der Waals surface area contributed by atoms with Crippen LogP contribution >= 0.6 is 0 Å². The molecule has 1 fully saturated rings. The molecule has 8 heteroatoms. The Balaban J connectivity index is 2.55. The largest absolute Gasteiger partial charge is 0.399 e. The van der Waals surface area contributed by atoms with E-state index in [-0.39, 0.29) is 16.6 Å².